The quantitative estimate of drug-likeness (QED) is 0.837. The topological polar surface area (TPSA) is 49.5 Å². The molecule has 6 heteroatoms. The van der Waals surface area contributed by atoms with Crippen molar-refractivity contribution in [2.45, 2.75) is 26.3 Å². The molecule has 0 spiro atoms. The SMILES string of the molecule is Cc1cc(N(CCO)CC(F)F)c([C@H](C)N)cc1F. The molecule has 1 atom stereocenters. The average Bonchev–Trinajstić information content (AvgIpc) is 2.30. The monoisotopic (exact) mass is 276 g/mol. The first kappa shape index (κ1) is 15.8. The zero-order valence-electron chi connectivity index (χ0n) is 11.0. The molecule has 108 valence electrons. The summed E-state index contributed by atoms with van der Waals surface area (Å²) in [5.41, 5.74) is 7.02. The van der Waals surface area contributed by atoms with Crippen molar-refractivity contribution in [2.24, 2.45) is 5.73 Å². The number of hydrogen-bond donors (Lipinski definition) is 2. The van der Waals surface area contributed by atoms with E-state index in [-0.39, 0.29) is 13.2 Å². The third-order valence-electron chi connectivity index (χ3n) is 2.87. The number of nitrogens with zero attached hydrogens (tertiary/aromatic N) is 1. The van der Waals surface area contributed by atoms with Gasteiger partial charge in [-0.2, -0.15) is 0 Å². The Kier molecular flexibility index (Phi) is 5.62. The maximum absolute atomic E-state index is 13.6. The van der Waals surface area contributed by atoms with Crippen LogP contribution in [0, 0.1) is 12.7 Å². The second-order valence-corrected chi connectivity index (χ2v) is 4.51. The molecule has 0 aromatic heterocycles. The van der Waals surface area contributed by atoms with Crippen LogP contribution in [0.25, 0.3) is 0 Å². The predicted molar refractivity (Wildman–Crippen MR) is 69.0 cm³/mol. The van der Waals surface area contributed by atoms with E-state index in [1.807, 2.05) is 0 Å². The zero-order valence-corrected chi connectivity index (χ0v) is 11.0. The highest BCUT2D eigenvalue weighted by molar-refractivity contribution is 5.57. The van der Waals surface area contributed by atoms with Crippen molar-refractivity contribution in [3.05, 3.63) is 29.1 Å². The van der Waals surface area contributed by atoms with E-state index >= 15 is 0 Å². The van der Waals surface area contributed by atoms with Gasteiger partial charge < -0.3 is 15.7 Å². The van der Waals surface area contributed by atoms with E-state index in [4.69, 9.17) is 10.8 Å². The molecule has 3 N–H and O–H groups in total. The number of rotatable bonds is 6. The minimum atomic E-state index is -2.54. The Balaban J connectivity index is 3.22. The molecule has 0 aliphatic rings. The van der Waals surface area contributed by atoms with Gasteiger partial charge in [0.1, 0.15) is 5.82 Å². The lowest BCUT2D eigenvalue weighted by Gasteiger charge is -2.28. The maximum atomic E-state index is 13.6. The van der Waals surface area contributed by atoms with Crippen molar-refractivity contribution in [3.63, 3.8) is 0 Å². The molecule has 0 aliphatic carbocycles. The summed E-state index contributed by atoms with van der Waals surface area (Å²) in [4.78, 5) is 1.33. The molecule has 1 rings (SSSR count). The molecule has 1 aromatic rings. The Hall–Kier alpha value is -1.27. The summed E-state index contributed by atoms with van der Waals surface area (Å²) >= 11 is 0. The Bertz CT molecular complexity index is 425. The van der Waals surface area contributed by atoms with E-state index in [1.165, 1.54) is 17.0 Å². The first-order valence-electron chi connectivity index (χ1n) is 6.06. The predicted octanol–water partition coefficient (Wildman–Crippen LogP) is 2.22. The summed E-state index contributed by atoms with van der Waals surface area (Å²) in [6, 6.07) is 2.28. The molecule has 0 aliphatic heterocycles. The molecule has 0 heterocycles. The normalized spacial score (nSPS) is 12.8. The summed E-state index contributed by atoms with van der Waals surface area (Å²) in [6.07, 6.45) is -2.54. The number of aryl methyl sites for hydroxylation is 1. The van der Waals surface area contributed by atoms with Gasteiger partial charge in [0.25, 0.3) is 6.43 Å². The highest BCUT2D eigenvalue weighted by Crippen LogP contribution is 2.28. The van der Waals surface area contributed by atoms with Gasteiger partial charge in [0, 0.05) is 18.3 Å². The van der Waals surface area contributed by atoms with Crippen LogP contribution in [0.3, 0.4) is 0 Å². The number of aliphatic hydroxyl groups is 1. The van der Waals surface area contributed by atoms with Crippen LogP contribution < -0.4 is 10.6 Å². The fourth-order valence-electron chi connectivity index (χ4n) is 1.92. The van der Waals surface area contributed by atoms with E-state index in [0.717, 1.165) is 0 Å². The summed E-state index contributed by atoms with van der Waals surface area (Å²) < 4.78 is 38.7. The first-order chi connectivity index (χ1) is 8.86. The zero-order chi connectivity index (χ0) is 14.6. The molecule has 0 radical (unpaired) electrons. The highest BCUT2D eigenvalue weighted by atomic mass is 19.3. The van der Waals surface area contributed by atoms with Gasteiger partial charge in [-0.1, -0.05) is 0 Å². The molecule has 3 nitrogen and oxygen atoms in total. The Morgan fingerprint density at radius 1 is 1.37 bits per heavy atom. The molecule has 0 bridgehead atoms. The maximum Gasteiger partial charge on any atom is 0.255 e. The van der Waals surface area contributed by atoms with Crippen molar-refractivity contribution < 1.29 is 18.3 Å². The molecule has 1 aromatic carbocycles. The lowest BCUT2D eigenvalue weighted by molar-refractivity contribution is 0.152. The largest absolute Gasteiger partial charge is 0.395 e. The minimum Gasteiger partial charge on any atom is -0.395 e. The van der Waals surface area contributed by atoms with E-state index in [9.17, 15) is 13.2 Å². The lowest BCUT2D eigenvalue weighted by Crippen LogP contribution is -2.33. The number of nitrogens with two attached hydrogens (primary N) is 1. The molecular formula is C13H19F3N2O. The third-order valence-corrected chi connectivity index (χ3v) is 2.87. The van der Waals surface area contributed by atoms with Gasteiger partial charge >= 0.3 is 0 Å². The number of anilines is 1. The van der Waals surface area contributed by atoms with Crippen LogP contribution in [0.2, 0.25) is 0 Å². The summed E-state index contributed by atoms with van der Waals surface area (Å²) in [5, 5.41) is 8.97. The van der Waals surface area contributed by atoms with Gasteiger partial charge in [-0.15, -0.1) is 0 Å². The van der Waals surface area contributed by atoms with Crippen molar-refractivity contribution in [1.29, 1.82) is 0 Å². The number of halogens is 3. The fraction of sp³-hybridized carbons (Fsp3) is 0.538. The number of benzene rings is 1. The number of hydrogen-bond acceptors (Lipinski definition) is 3. The van der Waals surface area contributed by atoms with Crippen LogP contribution in [-0.2, 0) is 0 Å². The van der Waals surface area contributed by atoms with Crippen LogP contribution in [0.5, 0.6) is 0 Å². The summed E-state index contributed by atoms with van der Waals surface area (Å²) in [6.45, 7) is 2.48. The van der Waals surface area contributed by atoms with E-state index in [2.05, 4.69) is 0 Å². The van der Waals surface area contributed by atoms with Crippen LogP contribution in [-0.4, -0.2) is 31.2 Å². The van der Waals surface area contributed by atoms with Crippen molar-refractivity contribution >= 4 is 5.69 Å². The Morgan fingerprint density at radius 2 is 2.00 bits per heavy atom. The minimum absolute atomic E-state index is 0.0507. The van der Waals surface area contributed by atoms with Gasteiger partial charge in [-0.3, -0.25) is 0 Å². The Morgan fingerprint density at radius 3 is 2.47 bits per heavy atom. The van der Waals surface area contributed by atoms with Gasteiger partial charge in [0.15, 0.2) is 0 Å². The van der Waals surface area contributed by atoms with E-state index in [0.29, 0.717) is 16.8 Å². The average molecular weight is 276 g/mol. The molecule has 0 fully saturated rings. The molecule has 0 amide bonds. The Labute approximate surface area is 110 Å². The lowest BCUT2D eigenvalue weighted by atomic mass is 10.0. The number of aliphatic hydroxyl groups excluding tert-OH is 1. The standard InChI is InChI=1S/C13H19F3N2O/c1-8-5-12(10(9(2)17)6-11(8)14)18(3-4-19)7-13(15)16/h5-6,9,13,19H,3-4,7,17H2,1-2H3/t9-/m0/s1. The molecule has 0 saturated heterocycles. The third kappa shape index (κ3) is 4.11. The van der Waals surface area contributed by atoms with Crippen LogP contribution in [0.4, 0.5) is 18.9 Å². The second kappa shape index (κ2) is 6.77. The molecular weight excluding hydrogens is 257 g/mol. The van der Waals surface area contributed by atoms with E-state index < -0.39 is 24.8 Å². The van der Waals surface area contributed by atoms with Crippen molar-refractivity contribution in [1.82, 2.24) is 0 Å². The number of alkyl halides is 2. The van der Waals surface area contributed by atoms with Crippen LogP contribution in [0.15, 0.2) is 12.1 Å². The van der Waals surface area contributed by atoms with Crippen LogP contribution in [0.1, 0.15) is 24.1 Å². The van der Waals surface area contributed by atoms with Gasteiger partial charge in [-0.05, 0) is 37.1 Å². The highest BCUT2D eigenvalue weighted by Gasteiger charge is 2.19. The van der Waals surface area contributed by atoms with Crippen molar-refractivity contribution in [3.8, 4) is 0 Å². The van der Waals surface area contributed by atoms with Gasteiger partial charge in [0.05, 0.1) is 13.2 Å². The summed E-state index contributed by atoms with van der Waals surface area (Å²) in [5.74, 6) is -0.419. The summed E-state index contributed by atoms with van der Waals surface area (Å²) in [7, 11) is 0. The van der Waals surface area contributed by atoms with Crippen molar-refractivity contribution in [2.75, 3.05) is 24.6 Å². The molecule has 0 unspecified atom stereocenters. The second-order valence-electron chi connectivity index (χ2n) is 4.51. The first-order valence-corrected chi connectivity index (χ1v) is 6.06. The molecule has 0 saturated carbocycles. The van der Waals surface area contributed by atoms with E-state index in [1.54, 1.807) is 13.8 Å². The van der Waals surface area contributed by atoms with Gasteiger partial charge in [-0.25, -0.2) is 13.2 Å². The van der Waals surface area contributed by atoms with Crippen LogP contribution >= 0.6 is 0 Å². The van der Waals surface area contributed by atoms with Gasteiger partial charge in [0.2, 0.25) is 0 Å². The smallest absolute Gasteiger partial charge is 0.255 e. The molecule has 19 heavy (non-hydrogen) atoms. The fourth-order valence-corrected chi connectivity index (χ4v) is 1.92.